The van der Waals surface area contributed by atoms with E-state index in [0.29, 0.717) is 6.54 Å². The minimum absolute atomic E-state index is 0.0553. The first-order valence-corrected chi connectivity index (χ1v) is 8.51. The van der Waals surface area contributed by atoms with Crippen molar-refractivity contribution in [3.05, 3.63) is 23.8 Å². The number of aryl methyl sites for hydroxylation is 1. The van der Waals surface area contributed by atoms with Crippen LogP contribution in [0.25, 0.3) is 0 Å². The van der Waals surface area contributed by atoms with E-state index in [1.165, 1.54) is 26.8 Å². The van der Waals surface area contributed by atoms with Crippen molar-refractivity contribution in [2.75, 3.05) is 11.4 Å². The molecule has 0 radical (unpaired) electrons. The van der Waals surface area contributed by atoms with Crippen LogP contribution in [0.5, 0.6) is 0 Å². The Morgan fingerprint density at radius 1 is 1.41 bits per heavy atom. The molecule has 1 aromatic carbocycles. The Bertz CT molecular complexity index is 748. The molecule has 0 aromatic heterocycles. The lowest BCUT2D eigenvalue weighted by atomic mass is 10.0. The Balaban J connectivity index is 2.40. The van der Waals surface area contributed by atoms with E-state index < -0.39 is 15.6 Å². The largest absolute Gasteiger partial charge is 0.312 e. The van der Waals surface area contributed by atoms with E-state index >= 15 is 0 Å². The van der Waals surface area contributed by atoms with Gasteiger partial charge < -0.3 is 4.90 Å². The number of rotatable bonds is 3. The number of fused-ring (bicyclic) bond motifs is 1. The summed E-state index contributed by atoms with van der Waals surface area (Å²) >= 11 is 0. The molecule has 0 bridgehead atoms. The van der Waals surface area contributed by atoms with Crippen molar-refractivity contribution in [1.82, 2.24) is 4.72 Å². The van der Waals surface area contributed by atoms with Gasteiger partial charge in [-0.1, -0.05) is 0 Å². The smallest absolute Gasteiger partial charge is 0.241 e. The van der Waals surface area contributed by atoms with Crippen LogP contribution in [-0.2, 0) is 21.2 Å². The first-order valence-electron chi connectivity index (χ1n) is 7.02. The number of nitrogens with zero attached hydrogens (tertiary/aromatic N) is 2. The third-order valence-corrected chi connectivity index (χ3v) is 5.18. The third-order valence-electron chi connectivity index (χ3n) is 3.53. The molecule has 0 spiro atoms. The zero-order valence-corrected chi connectivity index (χ0v) is 13.7. The van der Waals surface area contributed by atoms with Crippen LogP contribution >= 0.6 is 0 Å². The molecule has 22 heavy (non-hydrogen) atoms. The molecule has 0 unspecified atom stereocenters. The van der Waals surface area contributed by atoms with Crippen molar-refractivity contribution in [1.29, 1.82) is 5.26 Å². The van der Waals surface area contributed by atoms with E-state index in [2.05, 4.69) is 4.72 Å². The minimum atomic E-state index is -3.78. The monoisotopic (exact) mass is 321 g/mol. The Hall–Kier alpha value is -1.91. The summed E-state index contributed by atoms with van der Waals surface area (Å²) in [6.45, 7) is 5.14. The van der Waals surface area contributed by atoms with Gasteiger partial charge in [-0.25, -0.2) is 8.42 Å². The van der Waals surface area contributed by atoms with E-state index in [1.807, 2.05) is 6.07 Å². The van der Waals surface area contributed by atoms with Gasteiger partial charge in [-0.05, 0) is 50.5 Å². The molecule has 1 N–H and O–H groups in total. The van der Waals surface area contributed by atoms with Crippen LogP contribution in [0.4, 0.5) is 5.69 Å². The second-order valence-corrected chi connectivity index (χ2v) is 7.59. The highest BCUT2D eigenvalue weighted by Gasteiger charge is 2.28. The fourth-order valence-corrected chi connectivity index (χ4v) is 3.87. The third kappa shape index (κ3) is 3.29. The van der Waals surface area contributed by atoms with Crippen LogP contribution in [0, 0.1) is 11.3 Å². The van der Waals surface area contributed by atoms with Crippen LogP contribution in [0.2, 0.25) is 0 Å². The quantitative estimate of drug-likeness (QED) is 0.915. The lowest BCUT2D eigenvalue weighted by Crippen LogP contribution is -2.42. The average Bonchev–Trinajstić information content (AvgIpc) is 2.44. The molecule has 1 aromatic rings. The van der Waals surface area contributed by atoms with E-state index in [-0.39, 0.29) is 10.8 Å². The molecular formula is C15H19N3O3S. The Morgan fingerprint density at radius 2 is 2.09 bits per heavy atom. The highest BCUT2D eigenvalue weighted by Crippen LogP contribution is 2.29. The van der Waals surface area contributed by atoms with Crippen LogP contribution < -0.4 is 9.62 Å². The van der Waals surface area contributed by atoms with Crippen LogP contribution in [-0.4, -0.2) is 26.4 Å². The minimum Gasteiger partial charge on any atom is -0.312 e. The number of carbonyl (C=O) groups excluding carboxylic acids is 1. The fourth-order valence-electron chi connectivity index (χ4n) is 2.49. The lowest BCUT2D eigenvalue weighted by molar-refractivity contribution is -0.116. The SMILES string of the molecule is CC(=O)N1CCCc2cc(S(=O)(=O)NC(C)(C)C#N)ccc21. The van der Waals surface area contributed by atoms with Gasteiger partial charge in [-0.3, -0.25) is 4.79 Å². The second-order valence-electron chi connectivity index (χ2n) is 5.91. The normalized spacial score (nSPS) is 15.1. The number of anilines is 1. The number of hydrogen-bond donors (Lipinski definition) is 1. The Morgan fingerprint density at radius 3 is 2.68 bits per heavy atom. The van der Waals surface area contributed by atoms with Gasteiger partial charge in [0.15, 0.2) is 0 Å². The van der Waals surface area contributed by atoms with Crippen molar-refractivity contribution in [3.8, 4) is 6.07 Å². The first kappa shape index (κ1) is 16.5. The molecule has 2 rings (SSSR count). The second kappa shape index (κ2) is 5.71. The molecule has 0 aliphatic carbocycles. The molecule has 0 atom stereocenters. The molecule has 7 heteroatoms. The topological polar surface area (TPSA) is 90.3 Å². The van der Waals surface area contributed by atoms with E-state index in [9.17, 15) is 13.2 Å². The maximum absolute atomic E-state index is 12.4. The molecule has 0 saturated carbocycles. The van der Waals surface area contributed by atoms with Gasteiger partial charge >= 0.3 is 0 Å². The summed E-state index contributed by atoms with van der Waals surface area (Å²) in [4.78, 5) is 13.4. The van der Waals surface area contributed by atoms with Gasteiger partial charge in [0.1, 0.15) is 5.54 Å². The van der Waals surface area contributed by atoms with Gasteiger partial charge in [-0.2, -0.15) is 9.98 Å². The van der Waals surface area contributed by atoms with Crippen molar-refractivity contribution >= 4 is 21.6 Å². The average molecular weight is 321 g/mol. The summed E-state index contributed by atoms with van der Waals surface area (Å²) in [7, 11) is -3.78. The summed E-state index contributed by atoms with van der Waals surface area (Å²) in [6.07, 6.45) is 1.53. The number of carbonyl (C=O) groups is 1. The summed E-state index contributed by atoms with van der Waals surface area (Å²) < 4.78 is 27.1. The molecule has 1 aliphatic rings. The maximum atomic E-state index is 12.4. The highest BCUT2D eigenvalue weighted by atomic mass is 32.2. The van der Waals surface area contributed by atoms with Crippen LogP contribution in [0.3, 0.4) is 0 Å². The van der Waals surface area contributed by atoms with Crippen molar-refractivity contribution in [3.63, 3.8) is 0 Å². The zero-order chi connectivity index (χ0) is 16.5. The van der Waals surface area contributed by atoms with Crippen LogP contribution in [0.1, 0.15) is 32.8 Å². The molecule has 118 valence electrons. The number of amides is 1. The molecule has 0 saturated heterocycles. The fraction of sp³-hybridized carbons (Fsp3) is 0.467. The van der Waals surface area contributed by atoms with Gasteiger partial charge in [0.05, 0.1) is 11.0 Å². The summed E-state index contributed by atoms with van der Waals surface area (Å²) in [6, 6.07) is 6.62. The first-order chi connectivity index (χ1) is 10.2. The van der Waals surface area contributed by atoms with Crippen molar-refractivity contribution in [2.45, 2.75) is 44.0 Å². The van der Waals surface area contributed by atoms with Crippen molar-refractivity contribution < 1.29 is 13.2 Å². The predicted octanol–water partition coefficient (Wildman–Crippen LogP) is 1.57. The Kier molecular flexibility index (Phi) is 4.27. The number of hydrogen-bond acceptors (Lipinski definition) is 4. The molecule has 1 heterocycles. The Labute approximate surface area is 130 Å². The molecule has 6 nitrogen and oxygen atoms in total. The van der Waals surface area contributed by atoms with E-state index in [1.54, 1.807) is 17.0 Å². The maximum Gasteiger partial charge on any atom is 0.241 e. The molecule has 1 aliphatic heterocycles. The predicted molar refractivity (Wildman–Crippen MR) is 82.8 cm³/mol. The zero-order valence-electron chi connectivity index (χ0n) is 12.9. The van der Waals surface area contributed by atoms with Gasteiger partial charge in [0.2, 0.25) is 15.9 Å². The molecule has 0 fully saturated rings. The van der Waals surface area contributed by atoms with E-state index in [4.69, 9.17) is 5.26 Å². The number of nitriles is 1. The van der Waals surface area contributed by atoms with Gasteiger partial charge in [0.25, 0.3) is 0 Å². The summed E-state index contributed by atoms with van der Waals surface area (Å²) in [5, 5.41) is 8.97. The van der Waals surface area contributed by atoms with Gasteiger partial charge in [-0.15, -0.1) is 0 Å². The summed E-state index contributed by atoms with van der Waals surface area (Å²) in [5.74, 6) is -0.0553. The number of benzene rings is 1. The highest BCUT2D eigenvalue weighted by molar-refractivity contribution is 7.89. The standard InChI is InChI=1S/C15H19N3O3S/c1-11(19)18-8-4-5-12-9-13(6-7-14(12)18)22(20,21)17-15(2,3)10-16/h6-7,9,17H,4-5,8H2,1-3H3. The lowest BCUT2D eigenvalue weighted by Gasteiger charge is -2.29. The van der Waals surface area contributed by atoms with Crippen LogP contribution in [0.15, 0.2) is 23.1 Å². The molecule has 1 amide bonds. The number of sulfonamides is 1. The summed E-state index contributed by atoms with van der Waals surface area (Å²) in [5.41, 5.74) is 0.413. The molecular weight excluding hydrogens is 302 g/mol. The van der Waals surface area contributed by atoms with Gasteiger partial charge in [0, 0.05) is 19.2 Å². The van der Waals surface area contributed by atoms with Crippen molar-refractivity contribution in [2.24, 2.45) is 0 Å². The van der Waals surface area contributed by atoms with E-state index in [0.717, 1.165) is 24.1 Å². The number of nitrogens with one attached hydrogen (secondary N) is 1.